The highest BCUT2D eigenvalue weighted by Crippen LogP contribution is 2.20. The van der Waals surface area contributed by atoms with E-state index in [1.165, 1.54) is 12.1 Å². The van der Waals surface area contributed by atoms with Gasteiger partial charge in [-0.25, -0.2) is 4.39 Å². The van der Waals surface area contributed by atoms with Gasteiger partial charge in [0.15, 0.2) is 0 Å². The topological polar surface area (TPSA) is 21.3 Å². The second-order valence-corrected chi connectivity index (χ2v) is 5.24. The Balaban J connectivity index is 1.79. The fourth-order valence-electron chi connectivity index (χ4n) is 1.54. The van der Waals surface area contributed by atoms with Crippen LogP contribution < -0.4 is 10.1 Å². The van der Waals surface area contributed by atoms with Gasteiger partial charge in [-0.3, -0.25) is 0 Å². The first-order valence-corrected chi connectivity index (χ1v) is 6.89. The van der Waals surface area contributed by atoms with Crippen molar-refractivity contribution in [1.82, 2.24) is 0 Å². The minimum Gasteiger partial charge on any atom is -0.492 e. The van der Waals surface area contributed by atoms with Gasteiger partial charge in [0.2, 0.25) is 0 Å². The van der Waals surface area contributed by atoms with Crippen LogP contribution in [0.5, 0.6) is 5.75 Å². The van der Waals surface area contributed by atoms with Gasteiger partial charge in [0.05, 0.1) is 0 Å². The summed E-state index contributed by atoms with van der Waals surface area (Å²) in [6.07, 6.45) is 0. The maximum atomic E-state index is 13.1. The SMILES string of the molecule is Fc1cc(Br)cc(OCCNc2ccc(Cl)cc2)c1. The first-order valence-electron chi connectivity index (χ1n) is 5.72. The molecule has 1 N–H and O–H groups in total. The second-order valence-electron chi connectivity index (χ2n) is 3.89. The van der Waals surface area contributed by atoms with Crippen molar-refractivity contribution in [3.8, 4) is 5.75 Å². The predicted octanol–water partition coefficient (Wildman–Crippen LogP) is 4.73. The summed E-state index contributed by atoms with van der Waals surface area (Å²) in [7, 11) is 0. The lowest BCUT2D eigenvalue weighted by molar-refractivity contribution is 0.331. The Morgan fingerprint density at radius 3 is 2.58 bits per heavy atom. The molecule has 5 heteroatoms. The van der Waals surface area contributed by atoms with Gasteiger partial charge in [-0.15, -0.1) is 0 Å². The number of hydrogen-bond acceptors (Lipinski definition) is 2. The fourth-order valence-corrected chi connectivity index (χ4v) is 2.11. The summed E-state index contributed by atoms with van der Waals surface area (Å²) in [5, 5.41) is 3.88. The van der Waals surface area contributed by atoms with E-state index >= 15 is 0 Å². The number of ether oxygens (including phenoxy) is 1. The van der Waals surface area contributed by atoms with E-state index in [9.17, 15) is 4.39 Å². The highest BCUT2D eigenvalue weighted by Gasteiger charge is 2.00. The van der Waals surface area contributed by atoms with Crippen molar-refractivity contribution >= 4 is 33.2 Å². The molecule has 0 aliphatic carbocycles. The fraction of sp³-hybridized carbons (Fsp3) is 0.143. The van der Waals surface area contributed by atoms with E-state index in [0.717, 1.165) is 5.69 Å². The molecular weight excluding hydrogens is 333 g/mol. The Morgan fingerprint density at radius 2 is 1.89 bits per heavy atom. The van der Waals surface area contributed by atoms with Gasteiger partial charge in [0.25, 0.3) is 0 Å². The first-order chi connectivity index (χ1) is 9.13. The zero-order valence-corrected chi connectivity index (χ0v) is 12.3. The van der Waals surface area contributed by atoms with Gasteiger partial charge in [0.1, 0.15) is 18.2 Å². The molecule has 19 heavy (non-hydrogen) atoms. The van der Waals surface area contributed by atoms with Crippen LogP contribution in [-0.2, 0) is 0 Å². The number of hydrogen-bond donors (Lipinski definition) is 1. The zero-order valence-electron chi connectivity index (χ0n) is 10.00. The maximum Gasteiger partial charge on any atom is 0.128 e. The van der Waals surface area contributed by atoms with Crippen molar-refractivity contribution in [2.75, 3.05) is 18.5 Å². The molecule has 2 aromatic rings. The molecule has 0 unspecified atom stereocenters. The Kier molecular flexibility index (Phi) is 5.05. The summed E-state index contributed by atoms with van der Waals surface area (Å²) >= 11 is 9.01. The van der Waals surface area contributed by atoms with E-state index in [4.69, 9.17) is 16.3 Å². The highest BCUT2D eigenvalue weighted by molar-refractivity contribution is 9.10. The smallest absolute Gasteiger partial charge is 0.128 e. The van der Waals surface area contributed by atoms with E-state index in [-0.39, 0.29) is 5.82 Å². The van der Waals surface area contributed by atoms with Gasteiger partial charge in [-0.2, -0.15) is 0 Å². The molecule has 2 nitrogen and oxygen atoms in total. The van der Waals surface area contributed by atoms with Crippen LogP contribution in [0.4, 0.5) is 10.1 Å². The summed E-state index contributed by atoms with van der Waals surface area (Å²) in [4.78, 5) is 0. The number of nitrogens with one attached hydrogen (secondary N) is 1. The molecule has 2 rings (SSSR count). The lowest BCUT2D eigenvalue weighted by Crippen LogP contribution is -2.11. The Morgan fingerprint density at radius 1 is 1.16 bits per heavy atom. The van der Waals surface area contributed by atoms with E-state index in [0.29, 0.717) is 28.4 Å². The van der Waals surface area contributed by atoms with Crippen molar-refractivity contribution in [3.63, 3.8) is 0 Å². The molecule has 100 valence electrons. The molecule has 0 saturated carbocycles. The van der Waals surface area contributed by atoms with Crippen molar-refractivity contribution in [3.05, 3.63) is 57.8 Å². The molecule has 0 aliphatic rings. The molecule has 0 aromatic heterocycles. The van der Waals surface area contributed by atoms with Crippen LogP contribution in [0, 0.1) is 5.82 Å². The quantitative estimate of drug-likeness (QED) is 0.792. The summed E-state index contributed by atoms with van der Waals surface area (Å²) in [5.74, 6) is 0.180. The van der Waals surface area contributed by atoms with Crippen LogP contribution in [0.15, 0.2) is 46.9 Å². The van der Waals surface area contributed by atoms with Crippen LogP contribution in [0.3, 0.4) is 0 Å². The lowest BCUT2D eigenvalue weighted by Gasteiger charge is -2.09. The van der Waals surface area contributed by atoms with Crippen LogP contribution in [0.25, 0.3) is 0 Å². The standard InChI is InChI=1S/C14H12BrClFNO/c15-10-7-12(17)9-14(8-10)19-6-5-18-13-3-1-11(16)2-4-13/h1-4,7-9,18H,5-6H2. The maximum absolute atomic E-state index is 13.1. The van der Waals surface area contributed by atoms with Crippen LogP contribution >= 0.6 is 27.5 Å². The first kappa shape index (κ1) is 14.2. The second kappa shape index (κ2) is 6.78. The largest absolute Gasteiger partial charge is 0.492 e. The van der Waals surface area contributed by atoms with E-state index < -0.39 is 0 Å². The third kappa shape index (κ3) is 4.73. The third-order valence-corrected chi connectivity index (χ3v) is 3.09. The van der Waals surface area contributed by atoms with Crippen molar-refractivity contribution in [1.29, 1.82) is 0 Å². The van der Waals surface area contributed by atoms with Gasteiger partial charge in [-0.05, 0) is 36.4 Å². The van der Waals surface area contributed by atoms with Crippen molar-refractivity contribution < 1.29 is 9.13 Å². The van der Waals surface area contributed by atoms with Crippen LogP contribution in [-0.4, -0.2) is 13.2 Å². The highest BCUT2D eigenvalue weighted by atomic mass is 79.9. The van der Waals surface area contributed by atoms with Crippen LogP contribution in [0.2, 0.25) is 5.02 Å². The molecule has 0 aliphatic heterocycles. The molecule has 0 bridgehead atoms. The van der Waals surface area contributed by atoms with Gasteiger partial charge >= 0.3 is 0 Å². The Labute approximate surface area is 124 Å². The normalized spacial score (nSPS) is 10.3. The summed E-state index contributed by atoms with van der Waals surface area (Å²) in [6, 6.07) is 11.9. The average molecular weight is 345 g/mol. The number of rotatable bonds is 5. The minimum atomic E-state index is -0.324. The number of anilines is 1. The molecule has 0 heterocycles. The van der Waals surface area contributed by atoms with E-state index in [1.54, 1.807) is 6.07 Å². The molecule has 0 fully saturated rings. The molecule has 0 spiro atoms. The summed E-state index contributed by atoms with van der Waals surface area (Å²) in [6.45, 7) is 1.06. The number of halogens is 3. The monoisotopic (exact) mass is 343 g/mol. The van der Waals surface area contributed by atoms with Crippen molar-refractivity contribution in [2.24, 2.45) is 0 Å². The van der Waals surface area contributed by atoms with Gasteiger partial charge in [0, 0.05) is 27.8 Å². The van der Waals surface area contributed by atoms with Crippen molar-refractivity contribution in [2.45, 2.75) is 0 Å². The molecule has 0 atom stereocenters. The third-order valence-electron chi connectivity index (χ3n) is 2.38. The lowest BCUT2D eigenvalue weighted by atomic mass is 10.3. The van der Waals surface area contributed by atoms with Gasteiger partial charge in [-0.1, -0.05) is 27.5 Å². The van der Waals surface area contributed by atoms with Crippen LogP contribution in [0.1, 0.15) is 0 Å². The molecule has 0 amide bonds. The number of benzene rings is 2. The molecule has 0 radical (unpaired) electrons. The Bertz CT molecular complexity index is 527. The molecular formula is C14H12BrClFNO. The minimum absolute atomic E-state index is 0.324. The van der Waals surface area contributed by atoms with E-state index in [1.807, 2.05) is 24.3 Å². The molecule has 2 aromatic carbocycles. The molecule has 0 saturated heterocycles. The van der Waals surface area contributed by atoms with Gasteiger partial charge < -0.3 is 10.1 Å². The van der Waals surface area contributed by atoms with E-state index in [2.05, 4.69) is 21.2 Å². The summed E-state index contributed by atoms with van der Waals surface area (Å²) in [5.41, 5.74) is 0.966. The predicted molar refractivity (Wildman–Crippen MR) is 79.5 cm³/mol. The Hall–Kier alpha value is -1.26. The average Bonchev–Trinajstić information content (AvgIpc) is 2.36. The summed E-state index contributed by atoms with van der Waals surface area (Å²) < 4.78 is 19.2. The zero-order chi connectivity index (χ0) is 13.7.